The minimum atomic E-state index is -0.761. The lowest BCUT2D eigenvalue weighted by atomic mass is 9.99. The predicted molar refractivity (Wildman–Crippen MR) is 75.5 cm³/mol. The van der Waals surface area contributed by atoms with Crippen LogP contribution >= 0.6 is 0 Å². The second-order valence-electron chi connectivity index (χ2n) is 4.52. The van der Waals surface area contributed by atoms with E-state index in [1.54, 1.807) is 36.5 Å². The zero-order valence-corrected chi connectivity index (χ0v) is 11.2. The van der Waals surface area contributed by atoms with Crippen LogP contribution in [0.1, 0.15) is 17.0 Å². The third-order valence-electron chi connectivity index (χ3n) is 3.05. The number of nitrogens with zero attached hydrogens (tertiary/aromatic N) is 3. The fourth-order valence-corrected chi connectivity index (χ4v) is 1.98. The molecule has 100 valence electrons. The number of carbonyl (C=O) groups is 1. The minimum Gasteiger partial charge on any atom is -0.340 e. The average molecular weight is 265 g/mol. The van der Waals surface area contributed by atoms with Crippen molar-refractivity contribution in [1.82, 2.24) is 9.88 Å². The molecule has 2 aromatic rings. The molecule has 4 nitrogen and oxygen atoms in total. The molecule has 1 aromatic carbocycles. The Labute approximate surface area is 118 Å². The smallest absolute Gasteiger partial charge is 0.244 e. The molecule has 0 fully saturated rings. The Bertz CT molecular complexity index is 605. The van der Waals surface area contributed by atoms with Gasteiger partial charge >= 0.3 is 0 Å². The molecule has 0 bridgehead atoms. The van der Waals surface area contributed by atoms with E-state index >= 15 is 0 Å². The van der Waals surface area contributed by atoms with Gasteiger partial charge in [-0.25, -0.2) is 0 Å². The highest BCUT2D eigenvalue weighted by molar-refractivity contribution is 5.86. The quantitative estimate of drug-likeness (QED) is 0.852. The van der Waals surface area contributed by atoms with Gasteiger partial charge in [0.25, 0.3) is 0 Å². The summed E-state index contributed by atoms with van der Waals surface area (Å²) in [4.78, 5) is 17.9. The van der Waals surface area contributed by atoms with Gasteiger partial charge in [-0.3, -0.25) is 9.78 Å². The Balaban J connectivity index is 2.11. The first-order chi connectivity index (χ1) is 9.72. The lowest BCUT2D eigenvalue weighted by Crippen LogP contribution is -2.30. The number of nitriles is 1. The standard InChI is InChI=1S/C16H15N3O/c1-19(12-13-7-9-18-10-8-13)16(20)15(11-17)14-5-3-2-4-6-14/h2-10,15H,12H2,1H3. The summed E-state index contributed by atoms with van der Waals surface area (Å²) >= 11 is 0. The van der Waals surface area contributed by atoms with Crippen LogP contribution in [0.2, 0.25) is 0 Å². The fourth-order valence-electron chi connectivity index (χ4n) is 1.98. The van der Waals surface area contributed by atoms with Gasteiger partial charge in [0.15, 0.2) is 0 Å². The first-order valence-electron chi connectivity index (χ1n) is 6.31. The van der Waals surface area contributed by atoms with E-state index in [-0.39, 0.29) is 5.91 Å². The third kappa shape index (κ3) is 3.21. The van der Waals surface area contributed by atoms with Gasteiger partial charge in [0.2, 0.25) is 5.91 Å². The zero-order chi connectivity index (χ0) is 14.4. The molecule has 1 unspecified atom stereocenters. The fraction of sp³-hybridized carbons (Fsp3) is 0.188. The molecular formula is C16H15N3O. The second-order valence-corrected chi connectivity index (χ2v) is 4.52. The van der Waals surface area contributed by atoms with Crippen LogP contribution in [0.5, 0.6) is 0 Å². The van der Waals surface area contributed by atoms with Crippen molar-refractivity contribution < 1.29 is 4.79 Å². The molecule has 1 amide bonds. The number of hydrogen-bond donors (Lipinski definition) is 0. The Morgan fingerprint density at radius 3 is 2.50 bits per heavy atom. The van der Waals surface area contributed by atoms with E-state index in [1.165, 1.54) is 0 Å². The summed E-state index contributed by atoms with van der Waals surface area (Å²) in [7, 11) is 1.70. The van der Waals surface area contributed by atoms with Gasteiger partial charge in [0.05, 0.1) is 6.07 Å². The summed E-state index contributed by atoms with van der Waals surface area (Å²) in [5.74, 6) is -0.960. The number of amides is 1. The van der Waals surface area contributed by atoms with Gasteiger partial charge < -0.3 is 4.90 Å². The van der Waals surface area contributed by atoms with Gasteiger partial charge in [0.1, 0.15) is 5.92 Å². The van der Waals surface area contributed by atoms with Crippen molar-refractivity contribution in [2.75, 3.05) is 7.05 Å². The van der Waals surface area contributed by atoms with Crippen LogP contribution in [0.4, 0.5) is 0 Å². The predicted octanol–water partition coefficient (Wildman–Crippen LogP) is 2.35. The monoisotopic (exact) mass is 265 g/mol. The van der Waals surface area contributed by atoms with Crippen molar-refractivity contribution in [2.24, 2.45) is 0 Å². The number of likely N-dealkylation sites (N-methyl/N-ethyl adjacent to an activating group) is 1. The molecule has 0 saturated heterocycles. The SMILES string of the molecule is CN(Cc1ccncc1)C(=O)C(C#N)c1ccccc1. The molecule has 0 N–H and O–H groups in total. The molecule has 0 radical (unpaired) electrons. The van der Waals surface area contributed by atoms with E-state index < -0.39 is 5.92 Å². The maximum atomic E-state index is 12.4. The molecule has 0 spiro atoms. The van der Waals surface area contributed by atoms with Crippen LogP contribution in [0, 0.1) is 11.3 Å². The summed E-state index contributed by atoms with van der Waals surface area (Å²) in [6, 6.07) is 14.9. The zero-order valence-electron chi connectivity index (χ0n) is 11.2. The molecule has 2 rings (SSSR count). The summed E-state index contributed by atoms with van der Waals surface area (Å²) < 4.78 is 0. The lowest BCUT2D eigenvalue weighted by Gasteiger charge is -2.20. The largest absolute Gasteiger partial charge is 0.340 e. The van der Waals surface area contributed by atoms with Crippen LogP contribution in [0.15, 0.2) is 54.9 Å². The molecule has 0 saturated carbocycles. The van der Waals surface area contributed by atoms with E-state index in [9.17, 15) is 10.1 Å². The Kier molecular flexibility index (Phi) is 4.46. The first-order valence-corrected chi connectivity index (χ1v) is 6.31. The van der Waals surface area contributed by atoms with E-state index in [1.807, 2.05) is 30.3 Å². The highest BCUT2D eigenvalue weighted by Crippen LogP contribution is 2.18. The molecule has 1 heterocycles. The van der Waals surface area contributed by atoms with Crippen LogP contribution in [-0.4, -0.2) is 22.8 Å². The van der Waals surface area contributed by atoms with E-state index in [0.29, 0.717) is 6.54 Å². The topological polar surface area (TPSA) is 57.0 Å². The van der Waals surface area contributed by atoms with Crippen molar-refractivity contribution in [3.05, 3.63) is 66.0 Å². The summed E-state index contributed by atoms with van der Waals surface area (Å²) in [5.41, 5.74) is 1.71. The maximum absolute atomic E-state index is 12.4. The molecular weight excluding hydrogens is 250 g/mol. The van der Waals surface area contributed by atoms with Crippen molar-refractivity contribution in [3.63, 3.8) is 0 Å². The molecule has 0 aliphatic carbocycles. The second kappa shape index (κ2) is 6.48. The van der Waals surface area contributed by atoms with Gasteiger partial charge in [0, 0.05) is 26.0 Å². The minimum absolute atomic E-state index is 0.199. The molecule has 0 aliphatic heterocycles. The number of aromatic nitrogens is 1. The Hall–Kier alpha value is -2.67. The summed E-state index contributed by atoms with van der Waals surface area (Å²) in [6.07, 6.45) is 3.37. The number of hydrogen-bond acceptors (Lipinski definition) is 3. The molecule has 4 heteroatoms. The molecule has 1 aromatic heterocycles. The number of carbonyl (C=O) groups excluding carboxylic acids is 1. The van der Waals surface area contributed by atoms with Crippen molar-refractivity contribution >= 4 is 5.91 Å². The van der Waals surface area contributed by atoms with Gasteiger partial charge in [-0.15, -0.1) is 0 Å². The number of pyridine rings is 1. The van der Waals surface area contributed by atoms with Gasteiger partial charge in [-0.1, -0.05) is 30.3 Å². The van der Waals surface area contributed by atoms with Gasteiger partial charge in [-0.2, -0.15) is 5.26 Å². The Morgan fingerprint density at radius 2 is 1.90 bits per heavy atom. The van der Waals surface area contributed by atoms with E-state index in [0.717, 1.165) is 11.1 Å². The van der Waals surface area contributed by atoms with Crippen LogP contribution < -0.4 is 0 Å². The van der Waals surface area contributed by atoms with E-state index in [4.69, 9.17) is 0 Å². The Morgan fingerprint density at radius 1 is 1.25 bits per heavy atom. The van der Waals surface area contributed by atoms with Crippen molar-refractivity contribution in [3.8, 4) is 6.07 Å². The normalized spacial score (nSPS) is 11.4. The molecule has 0 aliphatic rings. The number of benzene rings is 1. The summed E-state index contributed by atoms with van der Waals surface area (Å²) in [6.45, 7) is 0.465. The van der Waals surface area contributed by atoms with E-state index in [2.05, 4.69) is 11.1 Å². The van der Waals surface area contributed by atoms with Crippen molar-refractivity contribution in [1.29, 1.82) is 5.26 Å². The maximum Gasteiger partial charge on any atom is 0.244 e. The number of rotatable bonds is 4. The highest BCUT2D eigenvalue weighted by Gasteiger charge is 2.23. The lowest BCUT2D eigenvalue weighted by molar-refractivity contribution is -0.130. The van der Waals surface area contributed by atoms with Gasteiger partial charge in [-0.05, 0) is 23.3 Å². The molecule has 1 atom stereocenters. The average Bonchev–Trinajstić information content (AvgIpc) is 2.50. The first kappa shape index (κ1) is 13.8. The molecule has 20 heavy (non-hydrogen) atoms. The van der Waals surface area contributed by atoms with Crippen LogP contribution in [0.25, 0.3) is 0 Å². The van der Waals surface area contributed by atoms with Crippen LogP contribution in [-0.2, 0) is 11.3 Å². The van der Waals surface area contributed by atoms with Crippen molar-refractivity contribution in [2.45, 2.75) is 12.5 Å². The van der Waals surface area contributed by atoms with Crippen LogP contribution in [0.3, 0.4) is 0 Å². The third-order valence-corrected chi connectivity index (χ3v) is 3.05. The highest BCUT2D eigenvalue weighted by atomic mass is 16.2. The summed E-state index contributed by atoms with van der Waals surface area (Å²) in [5, 5.41) is 9.26.